The molecule has 0 saturated heterocycles. The number of ketones is 1. The third kappa shape index (κ3) is 4.00. The van der Waals surface area contributed by atoms with Crippen molar-refractivity contribution < 1.29 is 9.53 Å². The van der Waals surface area contributed by atoms with Crippen molar-refractivity contribution in [3.63, 3.8) is 0 Å². The van der Waals surface area contributed by atoms with Gasteiger partial charge in [-0.25, -0.2) is 0 Å². The minimum atomic E-state index is 0.0554. The Kier molecular flexibility index (Phi) is 5.67. The summed E-state index contributed by atoms with van der Waals surface area (Å²) in [6.45, 7) is 0.617. The average molecular weight is 417 g/mol. The van der Waals surface area contributed by atoms with E-state index < -0.39 is 0 Å². The van der Waals surface area contributed by atoms with Gasteiger partial charge in [0.2, 0.25) is 0 Å². The van der Waals surface area contributed by atoms with Gasteiger partial charge in [-0.3, -0.25) is 4.79 Å². The molecule has 0 atom stereocenters. The predicted octanol–water partition coefficient (Wildman–Crippen LogP) is 6.85. The Morgan fingerprint density at radius 1 is 0.594 bits per heavy atom. The average Bonchev–Trinajstić information content (AvgIpc) is 3.15. The Morgan fingerprint density at radius 2 is 1.19 bits per heavy atom. The first-order valence-electron chi connectivity index (χ1n) is 11.0. The van der Waals surface area contributed by atoms with Crippen LogP contribution in [0.1, 0.15) is 39.0 Å². The molecule has 4 aromatic carbocycles. The molecule has 0 bridgehead atoms. The normalized spacial score (nSPS) is 12.7. The third-order valence-electron chi connectivity index (χ3n) is 5.83. The number of carbonyl (C=O) groups is 1. The lowest BCUT2D eigenvalue weighted by atomic mass is 9.94. The fourth-order valence-electron chi connectivity index (χ4n) is 4.30. The third-order valence-corrected chi connectivity index (χ3v) is 5.83. The Hall–Kier alpha value is -3.91. The number of Topliss-reactive ketones (excluding diaryl/α,β-unsaturated/α-hetero) is 1. The van der Waals surface area contributed by atoms with Crippen molar-refractivity contribution >= 4 is 16.9 Å². The van der Waals surface area contributed by atoms with Crippen molar-refractivity contribution in [2.45, 2.75) is 12.8 Å². The van der Waals surface area contributed by atoms with E-state index in [2.05, 4.69) is 36.4 Å². The summed E-state index contributed by atoms with van der Waals surface area (Å²) in [7, 11) is 0. The predicted molar refractivity (Wildman–Crippen MR) is 130 cm³/mol. The highest BCUT2D eigenvalue weighted by molar-refractivity contribution is 6.41. The molecule has 0 unspecified atom stereocenters. The number of benzene rings is 4. The van der Waals surface area contributed by atoms with Crippen molar-refractivity contribution in [2.75, 3.05) is 6.61 Å². The Morgan fingerprint density at radius 3 is 1.84 bits per heavy atom. The molecule has 0 N–H and O–H groups in total. The number of rotatable bonds is 7. The van der Waals surface area contributed by atoms with Gasteiger partial charge in [-0.2, -0.15) is 0 Å². The molecule has 32 heavy (non-hydrogen) atoms. The Bertz CT molecular complexity index is 1260. The highest BCUT2D eigenvalue weighted by Gasteiger charge is 2.31. The lowest BCUT2D eigenvalue weighted by Crippen LogP contribution is -2.02. The second kappa shape index (κ2) is 9.07. The van der Waals surface area contributed by atoms with E-state index in [-0.39, 0.29) is 5.78 Å². The number of allylic oxidation sites excluding steroid dienone is 1. The molecule has 1 aliphatic rings. The number of aryl methyl sites for hydroxylation is 1. The van der Waals surface area contributed by atoms with E-state index in [0.29, 0.717) is 12.2 Å². The fourth-order valence-corrected chi connectivity index (χ4v) is 4.30. The lowest BCUT2D eigenvalue weighted by Gasteiger charge is -2.10. The number of carbonyl (C=O) groups excluding carboxylic acids is 1. The summed E-state index contributed by atoms with van der Waals surface area (Å²) >= 11 is 0. The van der Waals surface area contributed by atoms with Gasteiger partial charge in [0, 0.05) is 16.7 Å². The summed E-state index contributed by atoms with van der Waals surface area (Å²) in [5.74, 6) is 0.798. The fraction of sp³-hybridized carbons (Fsp3) is 0.100. The van der Waals surface area contributed by atoms with Gasteiger partial charge in [0.05, 0.1) is 6.61 Å². The van der Waals surface area contributed by atoms with Crippen LogP contribution in [0.3, 0.4) is 0 Å². The van der Waals surface area contributed by atoms with Crippen LogP contribution < -0.4 is 4.74 Å². The van der Waals surface area contributed by atoms with Gasteiger partial charge in [-0.05, 0) is 53.3 Å². The minimum Gasteiger partial charge on any atom is -0.494 e. The summed E-state index contributed by atoms with van der Waals surface area (Å²) in [4.78, 5) is 13.5. The standard InChI is InChI=1S/C30H24O2/c31-30-27-21-25(32-20-10-13-22-11-4-1-5-12-22)18-19-26(27)28(23-14-6-2-7-15-23)29(30)24-16-8-3-9-17-24/h1-9,11-12,14-19,21H,10,13,20H2. The lowest BCUT2D eigenvalue weighted by molar-refractivity contribution is 0.105. The number of hydrogen-bond acceptors (Lipinski definition) is 2. The van der Waals surface area contributed by atoms with Crippen LogP contribution in [0, 0.1) is 0 Å². The van der Waals surface area contributed by atoms with Crippen molar-refractivity contribution in [1.82, 2.24) is 0 Å². The number of fused-ring (bicyclic) bond motifs is 1. The highest BCUT2D eigenvalue weighted by atomic mass is 16.5. The quantitative estimate of drug-likeness (QED) is 0.308. The Labute approximate surface area is 188 Å². The molecular formula is C30H24O2. The van der Waals surface area contributed by atoms with Crippen molar-refractivity contribution in [3.8, 4) is 5.75 Å². The van der Waals surface area contributed by atoms with Crippen LogP contribution in [0.5, 0.6) is 5.75 Å². The summed E-state index contributed by atoms with van der Waals surface area (Å²) in [6, 6.07) is 36.4. The zero-order valence-electron chi connectivity index (χ0n) is 17.8. The van der Waals surface area contributed by atoms with E-state index in [1.54, 1.807) is 0 Å². The molecule has 4 aromatic rings. The van der Waals surface area contributed by atoms with Gasteiger partial charge in [-0.1, -0.05) is 91.0 Å². The molecule has 0 spiro atoms. The molecule has 2 heteroatoms. The molecule has 2 nitrogen and oxygen atoms in total. The summed E-state index contributed by atoms with van der Waals surface area (Å²) < 4.78 is 6.01. The van der Waals surface area contributed by atoms with Crippen LogP contribution in [0.4, 0.5) is 0 Å². The van der Waals surface area contributed by atoms with Gasteiger partial charge in [0.15, 0.2) is 5.78 Å². The smallest absolute Gasteiger partial charge is 0.195 e. The maximum absolute atomic E-state index is 13.5. The van der Waals surface area contributed by atoms with E-state index in [0.717, 1.165) is 46.4 Å². The highest BCUT2D eigenvalue weighted by Crippen LogP contribution is 2.43. The molecule has 156 valence electrons. The van der Waals surface area contributed by atoms with E-state index in [1.807, 2.05) is 72.8 Å². The number of hydrogen-bond donors (Lipinski definition) is 0. The molecule has 0 heterocycles. The van der Waals surface area contributed by atoms with Crippen LogP contribution in [0.25, 0.3) is 11.1 Å². The van der Waals surface area contributed by atoms with Gasteiger partial charge < -0.3 is 4.74 Å². The van der Waals surface area contributed by atoms with Crippen LogP contribution >= 0.6 is 0 Å². The maximum atomic E-state index is 13.5. The minimum absolute atomic E-state index is 0.0554. The first kappa shape index (κ1) is 20.0. The van der Waals surface area contributed by atoms with Crippen molar-refractivity contribution in [3.05, 3.63) is 137 Å². The van der Waals surface area contributed by atoms with Gasteiger partial charge in [0.1, 0.15) is 5.75 Å². The molecule has 0 saturated carbocycles. The topological polar surface area (TPSA) is 26.3 Å². The van der Waals surface area contributed by atoms with Crippen LogP contribution in [0.15, 0.2) is 109 Å². The second-order valence-electron chi connectivity index (χ2n) is 7.96. The molecule has 1 aliphatic carbocycles. The SMILES string of the molecule is O=C1C(c2ccccc2)=C(c2ccccc2)c2ccc(OCCCc3ccccc3)cc21. The molecule has 0 radical (unpaired) electrons. The summed E-state index contributed by atoms with van der Waals surface area (Å²) in [6.07, 6.45) is 1.90. The monoisotopic (exact) mass is 416 g/mol. The molecule has 0 amide bonds. The Balaban J connectivity index is 1.41. The molecular weight excluding hydrogens is 392 g/mol. The molecule has 0 aromatic heterocycles. The zero-order chi connectivity index (χ0) is 21.8. The largest absolute Gasteiger partial charge is 0.494 e. The van der Waals surface area contributed by atoms with E-state index >= 15 is 0 Å². The van der Waals surface area contributed by atoms with E-state index in [4.69, 9.17) is 4.74 Å². The van der Waals surface area contributed by atoms with Gasteiger partial charge in [0.25, 0.3) is 0 Å². The first-order chi connectivity index (χ1) is 15.8. The van der Waals surface area contributed by atoms with Crippen molar-refractivity contribution in [2.24, 2.45) is 0 Å². The van der Waals surface area contributed by atoms with Crippen LogP contribution in [-0.4, -0.2) is 12.4 Å². The van der Waals surface area contributed by atoms with Gasteiger partial charge >= 0.3 is 0 Å². The number of ether oxygens (including phenoxy) is 1. The van der Waals surface area contributed by atoms with E-state index in [1.165, 1.54) is 5.56 Å². The summed E-state index contributed by atoms with van der Waals surface area (Å²) in [5.41, 5.74) is 6.73. The zero-order valence-corrected chi connectivity index (χ0v) is 17.8. The molecule has 5 rings (SSSR count). The van der Waals surface area contributed by atoms with E-state index in [9.17, 15) is 4.79 Å². The first-order valence-corrected chi connectivity index (χ1v) is 11.0. The maximum Gasteiger partial charge on any atom is 0.195 e. The molecule has 0 aliphatic heterocycles. The van der Waals surface area contributed by atoms with Crippen molar-refractivity contribution in [1.29, 1.82) is 0 Å². The van der Waals surface area contributed by atoms with Crippen LogP contribution in [0.2, 0.25) is 0 Å². The van der Waals surface area contributed by atoms with Crippen LogP contribution in [-0.2, 0) is 6.42 Å². The summed E-state index contributed by atoms with van der Waals surface area (Å²) in [5, 5.41) is 0. The van der Waals surface area contributed by atoms with Gasteiger partial charge in [-0.15, -0.1) is 0 Å². The molecule has 0 fully saturated rings. The second-order valence-corrected chi connectivity index (χ2v) is 7.96.